The maximum atomic E-state index is 12.5. The van der Waals surface area contributed by atoms with Gasteiger partial charge < -0.3 is 14.8 Å². The SMILES string of the molecule is Cc1cc(NC(=O)C(=O)N2CCC[C@@H]2Cn2ccnc2)n(C)n1. The summed E-state index contributed by atoms with van der Waals surface area (Å²) in [6.45, 7) is 3.10. The molecule has 0 radical (unpaired) electrons. The fourth-order valence-corrected chi connectivity index (χ4v) is 2.96. The standard InChI is InChI=1S/C15H20N6O2/c1-11-8-13(19(2)18-11)17-14(22)15(23)21-6-3-4-12(21)9-20-7-5-16-10-20/h5,7-8,10,12H,3-4,6,9H2,1-2H3,(H,17,22)/t12-/m1/s1. The van der Waals surface area contributed by atoms with Crippen LogP contribution in [-0.2, 0) is 23.2 Å². The summed E-state index contributed by atoms with van der Waals surface area (Å²) in [5.41, 5.74) is 0.786. The van der Waals surface area contributed by atoms with E-state index >= 15 is 0 Å². The second-order valence-electron chi connectivity index (χ2n) is 5.80. The van der Waals surface area contributed by atoms with E-state index < -0.39 is 11.8 Å². The normalized spacial score (nSPS) is 17.5. The van der Waals surface area contributed by atoms with Gasteiger partial charge in [-0.05, 0) is 19.8 Å². The van der Waals surface area contributed by atoms with E-state index in [1.54, 1.807) is 35.2 Å². The third-order valence-corrected chi connectivity index (χ3v) is 4.06. The summed E-state index contributed by atoms with van der Waals surface area (Å²) >= 11 is 0. The van der Waals surface area contributed by atoms with Crippen molar-refractivity contribution in [1.29, 1.82) is 0 Å². The molecule has 8 nitrogen and oxygen atoms in total. The number of hydrogen-bond donors (Lipinski definition) is 1. The minimum absolute atomic E-state index is 0.0238. The van der Waals surface area contributed by atoms with Gasteiger partial charge in [0, 0.05) is 38.6 Å². The number of amides is 2. The number of likely N-dealkylation sites (tertiary alicyclic amines) is 1. The number of carbonyl (C=O) groups excluding carboxylic acids is 2. The lowest BCUT2D eigenvalue weighted by Gasteiger charge is -2.24. The molecule has 0 aromatic carbocycles. The van der Waals surface area contributed by atoms with Gasteiger partial charge in [0.15, 0.2) is 0 Å². The number of nitrogens with one attached hydrogen (secondary N) is 1. The van der Waals surface area contributed by atoms with Crippen LogP contribution in [0.25, 0.3) is 0 Å². The van der Waals surface area contributed by atoms with Crippen molar-refractivity contribution >= 4 is 17.6 Å². The summed E-state index contributed by atoms with van der Waals surface area (Å²) in [7, 11) is 1.73. The molecule has 0 unspecified atom stereocenters. The highest BCUT2D eigenvalue weighted by atomic mass is 16.2. The number of rotatable bonds is 3. The van der Waals surface area contributed by atoms with E-state index in [4.69, 9.17) is 0 Å². The fourth-order valence-electron chi connectivity index (χ4n) is 2.96. The minimum atomic E-state index is -0.620. The first kappa shape index (κ1) is 15.3. The van der Waals surface area contributed by atoms with Gasteiger partial charge in [0.1, 0.15) is 5.82 Å². The van der Waals surface area contributed by atoms with E-state index in [9.17, 15) is 9.59 Å². The summed E-state index contributed by atoms with van der Waals surface area (Å²) < 4.78 is 3.48. The van der Waals surface area contributed by atoms with E-state index in [0.29, 0.717) is 18.9 Å². The van der Waals surface area contributed by atoms with Gasteiger partial charge >= 0.3 is 11.8 Å². The van der Waals surface area contributed by atoms with Crippen LogP contribution in [0.2, 0.25) is 0 Å². The lowest BCUT2D eigenvalue weighted by molar-refractivity contribution is -0.143. The van der Waals surface area contributed by atoms with Gasteiger partial charge in [-0.3, -0.25) is 14.3 Å². The molecule has 1 fully saturated rings. The van der Waals surface area contributed by atoms with Gasteiger partial charge in [0.2, 0.25) is 0 Å². The largest absolute Gasteiger partial charge is 0.335 e. The topological polar surface area (TPSA) is 85.0 Å². The molecule has 1 aliphatic heterocycles. The number of carbonyl (C=O) groups is 2. The molecule has 0 saturated carbocycles. The zero-order valence-corrected chi connectivity index (χ0v) is 13.3. The lowest BCUT2D eigenvalue weighted by Crippen LogP contribution is -2.44. The van der Waals surface area contributed by atoms with E-state index in [0.717, 1.165) is 18.5 Å². The molecule has 2 amide bonds. The van der Waals surface area contributed by atoms with Crippen LogP contribution in [0.4, 0.5) is 5.82 Å². The summed E-state index contributed by atoms with van der Waals surface area (Å²) in [6, 6.07) is 1.76. The third-order valence-electron chi connectivity index (χ3n) is 4.06. The molecule has 8 heteroatoms. The molecule has 0 spiro atoms. The van der Waals surface area contributed by atoms with Crippen molar-refractivity contribution in [2.24, 2.45) is 7.05 Å². The van der Waals surface area contributed by atoms with Crippen molar-refractivity contribution in [3.63, 3.8) is 0 Å². The van der Waals surface area contributed by atoms with Gasteiger partial charge in [-0.25, -0.2) is 4.98 Å². The number of aryl methyl sites for hydroxylation is 2. The molecule has 3 heterocycles. The average molecular weight is 316 g/mol. The first-order valence-corrected chi connectivity index (χ1v) is 7.63. The van der Waals surface area contributed by atoms with Crippen molar-refractivity contribution < 1.29 is 9.59 Å². The number of anilines is 1. The van der Waals surface area contributed by atoms with Gasteiger partial charge in [-0.15, -0.1) is 0 Å². The first-order valence-electron chi connectivity index (χ1n) is 7.63. The number of nitrogens with zero attached hydrogens (tertiary/aromatic N) is 5. The fraction of sp³-hybridized carbons (Fsp3) is 0.467. The average Bonchev–Trinajstić information content (AvgIpc) is 3.22. The van der Waals surface area contributed by atoms with Crippen LogP contribution in [0.3, 0.4) is 0 Å². The summed E-state index contributed by atoms with van der Waals surface area (Å²) in [6.07, 6.45) is 7.09. The highest BCUT2D eigenvalue weighted by molar-refractivity contribution is 6.39. The van der Waals surface area contributed by atoms with Crippen LogP contribution in [0.5, 0.6) is 0 Å². The molecule has 23 heavy (non-hydrogen) atoms. The van der Waals surface area contributed by atoms with Gasteiger partial charge in [-0.2, -0.15) is 5.10 Å². The lowest BCUT2D eigenvalue weighted by atomic mass is 10.2. The van der Waals surface area contributed by atoms with Crippen LogP contribution >= 0.6 is 0 Å². The maximum Gasteiger partial charge on any atom is 0.315 e. The summed E-state index contributed by atoms with van der Waals surface area (Å²) in [5, 5.41) is 6.79. The second-order valence-corrected chi connectivity index (χ2v) is 5.80. The molecule has 0 aliphatic carbocycles. The highest BCUT2D eigenvalue weighted by Crippen LogP contribution is 2.19. The third kappa shape index (κ3) is 3.25. The van der Waals surface area contributed by atoms with Crippen molar-refractivity contribution in [3.05, 3.63) is 30.5 Å². The van der Waals surface area contributed by atoms with Crippen molar-refractivity contribution in [1.82, 2.24) is 24.2 Å². The summed E-state index contributed by atoms with van der Waals surface area (Å²) in [5.74, 6) is -0.594. The molecular weight excluding hydrogens is 296 g/mol. The van der Waals surface area contributed by atoms with E-state index in [1.165, 1.54) is 0 Å². The molecule has 2 aromatic rings. The predicted molar refractivity (Wildman–Crippen MR) is 83.5 cm³/mol. The molecule has 0 bridgehead atoms. The zero-order valence-electron chi connectivity index (χ0n) is 13.3. The molecule has 1 saturated heterocycles. The second kappa shape index (κ2) is 6.23. The highest BCUT2D eigenvalue weighted by Gasteiger charge is 2.32. The maximum absolute atomic E-state index is 12.5. The van der Waals surface area contributed by atoms with Gasteiger partial charge in [0.05, 0.1) is 18.1 Å². The Morgan fingerprint density at radius 2 is 2.26 bits per heavy atom. The Bertz CT molecular complexity index is 706. The Balaban J connectivity index is 1.66. The van der Waals surface area contributed by atoms with Crippen LogP contribution in [0, 0.1) is 6.92 Å². The Morgan fingerprint density at radius 1 is 1.43 bits per heavy atom. The Labute approximate surface area is 134 Å². The Hall–Kier alpha value is -2.64. The molecular formula is C15H20N6O2. The molecule has 3 rings (SSSR count). The smallest absolute Gasteiger partial charge is 0.315 e. The van der Waals surface area contributed by atoms with Crippen molar-refractivity contribution in [3.8, 4) is 0 Å². The molecule has 1 atom stereocenters. The number of hydrogen-bond acceptors (Lipinski definition) is 4. The van der Waals surface area contributed by atoms with Crippen molar-refractivity contribution in [2.75, 3.05) is 11.9 Å². The first-order chi connectivity index (χ1) is 11.0. The van der Waals surface area contributed by atoms with Crippen LogP contribution in [-0.4, -0.2) is 48.6 Å². The zero-order chi connectivity index (χ0) is 16.4. The van der Waals surface area contributed by atoms with Crippen LogP contribution in [0.1, 0.15) is 18.5 Å². The Morgan fingerprint density at radius 3 is 2.91 bits per heavy atom. The van der Waals surface area contributed by atoms with Crippen LogP contribution in [0.15, 0.2) is 24.8 Å². The van der Waals surface area contributed by atoms with Gasteiger partial charge in [0.25, 0.3) is 0 Å². The van der Waals surface area contributed by atoms with Crippen molar-refractivity contribution in [2.45, 2.75) is 32.4 Å². The minimum Gasteiger partial charge on any atom is -0.335 e. The van der Waals surface area contributed by atoms with E-state index in [1.807, 2.05) is 17.7 Å². The number of imidazole rings is 1. The van der Waals surface area contributed by atoms with Gasteiger partial charge in [-0.1, -0.05) is 0 Å². The predicted octanol–water partition coefficient (Wildman–Crippen LogP) is 0.555. The Kier molecular flexibility index (Phi) is 4.14. The molecule has 1 N–H and O–H groups in total. The van der Waals surface area contributed by atoms with E-state index in [-0.39, 0.29) is 6.04 Å². The summed E-state index contributed by atoms with van der Waals surface area (Å²) in [4.78, 5) is 30.4. The quantitative estimate of drug-likeness (QED) is 0.838. The molecule has 1 aliphatic rings. The van der Waals surface area contributed by atoms with Crippen LogP contribution < -0.4 is 5.32 Å². The van der Waals surface area contributed by atoms with E-state index in [2.05, 4.69) is 15.4 Å². The number of aromatic nitrogens is 4. The monoisotopic (exact) mass is 316 g/mol. The molecule has 122 valence electrons. The molecule has 2 aromatic heterocycles.